The monoisotopic (exact) mass is 818 g/mol. The molecule has 6 heteroatoms. The Bertz CT molecular complexity index is 4630. The van der Waals surface area contributed by atoms with Crippen molar-refractivity contribution in [3.8, 4) is 62.1 Å². The summed E-state index contributed by atoms with van der Waals surface area (Å²) >= 11 is 0. The first-order valence-electron chi connectivity index (χ1n) is 26.1. The van der Waals surface area contributed by atoms with Crippen LogP contribution in [-0.2, 0) is 0 Å². The number of aromatic nitrogens is 4. The van der Waals surface area contributed by atoms with Gasteiger partial charge in [-0.25, -0.2) is 15.0 Å². The maximum atomic E-state index is 9.58. The molecule has 9 aromatic carbocycles. The molecule has 63 heavy (non-hydrogen) atoms. The molecule has 0 fully saturated rings. The molecule has 0 atom stereocenters. The molecule has 4 aromatic heterocycles. The van der Waals surface area contributed by atoms with Gasteiger partial charge in [0.2, 0.25) is 0 Å². The Hall–Kier alpha value is -8.61. The van der Waals surface area contributed by atoms with Crippen LogP contribution in [0.4, 0.5) is 0 Å². The normalized spacial score (nSPS) is 14.5. The van der Waals surface area contributed by atoms with Gasteiger partial charge >= 0.3 is 0 Å². The number of fused-ring (bicyclic) bond motifs is 9. The molecular weight excluding hydrogens is 773 g/mol. The molecular formula is C57H34N4O2. The third kappa shape index (κ3) is 5.62. The second kappa shape index (κ2) is 14.0. The number of nitrogens with zero attached hydrogens (tertiary/aromatic N) is 4. The Labute approximate surface area is 377 Å². The van der Waals surface area contributed by atoms with Gasteiger partial charge in [0.05, 0.1) is 38.6 Å². The van der Waals surface area contributed by atoms with Gasteiger partial charge in [0.15, 0.2) is 17.5 Å². The highest BCUT2D eigenvalue weighted by Crippen LogP contribution is 2.43. The first-order valence-corrected chi connectivity index (χ1v) is 20.1. The number of hydrogen-bond acceptors (Lipinski definition) is 5. The second-order valence-corrected chi connectivity index (χ2v) is 15.0. The number of para-hydroxylation sites is 2. The molecule has 0 saturated heterocycles. The first kappa shape index (κ1) is 25.2. The smallest absolute Gasteiger partial charge is 0.164 e. The Morgan fingerprint density at radius 3 is 1.92 bits per heavy atom. The van der Waals surface area contributed by atoms with E-state index in [9.17, 15) is 6.85 Å². The van der Waals surface area contributed by atoms with Gasteiger partial charge in [0.25, 0.3) is 0 Å². The molecule has 13 aromatic rings. The van der Waals surface area contributed by atoms with Crippen LogP contribution in [0.15, 0.2) is 215 Å². The maximum absolute atomic E-state index is 9.58. The van der Waals surface area contributed by atoms with Crippen LogP contribution in [0.2, 0.25) is 0 Å². The minimum atomic E-state index is -0.655. The Morgan fingerprint density at radius 1 is 0.365 bits per heavy atom. The van der Waals surface area contributed by atoms with Gasteiger partial charge in [-0.3, -0.25) is 0 Å². The summed E-state index contributed by atoms with van der Waals surface area (Å²) in [6.45, 7) is 0. The average Bonchev–Trinajstić information content (AvgIpc) is 4.18. The van der Waals surface area contributed by atoms with E-state index in [1.54, 1.807) is 0 Å². The summed E-state index contributed by atoms with van der Waals surface area (Å²) in [4.78, 5) is 15.0. The van der Waals surface area contributed by atoms with E-state index < -0.39 is 54.4 Å². The molecule has 13 rings (SSSR count). The molecule has 6 nitrogen and oxygen atoms in total. The van der Waals surface area contributed by atoms with Gasteiger partial charge in [-0.2, -0.15) is 0 Å². The van der Waals surface area contributed by atoms with Crippen LogP contribution < -0.4 is 0 Å². The lowest BCUT2D eigenvalue weighted by Gasteiger charge is -2.12. The number of rotatable bonds is 6. The van der Waals surface area contributed by atoms with Crippen molar-refractivity contribution in [3.63, 3.8) is 0 Å². The van der Waals surface area contributed by atoms with Crippen molar-refractivity contribution >= 4 is 65.7 Å². The molecule has 4 heterocycles. The van der Waals surface area contributed by atoms with Gasteiger partial charge in [0.1, 0.15) is 22.3 Å². The minimum absolute atomic E-state index is 0.0121. The highest BCUT2D eigenvalue weighted by Gasteiger charge is 2.23. The van der Waals surface area contributed by atoms with E-state index in [-0.39, 0.29) is 90.6 Å². The molecule has 0 aliphatic carbocycles. The SMILES string of the molecule is [2H]c1cc(-c2nc(-c3ccccc3)nc(-c3ccc4c(c3)oc3cccc(-c5cccc(-c6ccccc6)c5)c34)n2)c2c(oc3c([2H])c([2H])c([2H])c(-n4c5c([2H])cc([2H])c([2H])c5c5c([2H])c([2H])c([2H])c([2H])c54)c32)c1[2H]. The topological polar surface area (TPSA) is 69.9 Å². The van der Waals surface area contributed by atoms with Crippen LogP contribution in [0.3, 0.4) is 0 Å². The Morgan fingerprint density at radius 2 is 1.05 bits per heavy atom. The summed E-state index contributed by atoms with van der Waals surface area (Å²) < 4.78 is 123. The lowest BCUT2D eigenvalue weighted by molar-refractivity contribution is 0.668. The number of benzene rings is 9. The van der Waals surface area contributed by atoms with Crippen molar-refractivity contribution in [2.45, 2.75) is 0 Å². The third-order valence-electron chi connectivity index (χ3n) is 11.4. The molecule has 0 unspecified atom stereocenters. The highest BCUT2D eigenvalue weighted by molar-refractivity contribution is 6.18. The van der Waals surface area contributed by atoms with Gasteiger partial charge < -0.3 is 13.4 Å². The summed E-state index contributed by atoms with van der Waals surface area (Å²) in [5, 5.41) is 1.37. The van der Waals surface area contributed by atoms with Crippen LogP contribution in [-0.4, -0.2) is 19.5 Å². The Kier molecular flexibility index (Phi) is 5.60. The molecule has 0 spiro atoms. The number of furan rings is 2. The van der Waals surface area contributed by atoms with E-state index in [2.05, 4.69) is 36.4 Å². The molecule has 0 saturated carbocycles. The fourth-order valence-electron chi connectivity index (χ4n) is 8.63. The molecule has 0 amide bonds. The van der Waals surface area contributed by atoms with Crippen LogP contribution in [0, 0.1) is 0 Å². The number of hydrogen-bond donors (Lipinski definition) is 0. The van der Waals surface area contributed by atoms with E-state index in [1.165, 1.54) is 10.6 Å². The van der Waals surface area contributed by atoms with Gasteiger partial charge in [-0.1, -0.05) is 151 Å². The van der Waals surface area contributed by atoms with E-state index in [0.29, 0.717) is 22.3 Å². The molecule has 0 N–H and O–H groups in total. The quantitative estimate of drug-likeness (QED) is 0.167. The standard InChI is InChI=1S/C57H34N4O2/c1-3-15-35(16-4-1)37-19-11-20-38(33-37)40-23-12-28-48-52(40)43-32-31-39(34-51(43)63-48)56-58-55(36-17-5-2-6-18-36)59-57(60-56)44-24-13-29-49-53(44)54-47(27-14-30-50(54)62-49)61-45-25-9-7-21-41(45)42-22-8-10-26-46(42)61/h1-34H/i7D,8D,9D,13D,14D,21D,22D,25D,26D,27D,29D,30D. The fraction of sp³-hybridized carbons (Fsp3) is 0. The zero-order chi connectivity index (χ0) is 51.9. The predicted octanol–water partition coefficient (Wildman–Crippen LogP) is 15.1. The first-order chi connectivity index (χ1) is 36.2. The largest absolute Gasteiger partial charge is 0.456 e. The van der Waals surface area contributed by atoms with E-state index in [1.807, 2.05) is 84.9 Å². The third-order valence-corrected chi connectivity index (χ3v) is 11.4. The van der Waals surface area contributed by atoms with Crippen LogP contribution in [0.25, 0.3) is 128 Å². The van der Waals surface area contributed by atoms with Gasteiger partial charge in [-0.05, 0) is 76.7 Å². The highest BCUT2D eigenvalue weighted by atomic mass is 16.3. The minimum Gasteiger partial charge on any atom is -0.456 e. The van der Waals surface area contributed by atoms with Crippen molar-refractivity contribution in [2.75, 3.05) is 0 Å². The van der Waals surface area contributed by atoms with Crippen LogP contribution in [0.5, 0.6) is 0 Å². The molecule has 0 radical (unpaired) electrons. The maximum Gasteiger partial charge on any atom is 0.164 e. The van der Waals surface area contributed by atoms with Gasteiger partial charge in [-0.15, -0.1) is 0 Å². The molecule has 0 aliphatic rings. The van der Waals surface area contributed by atoms with E-state index in [0.717, 1.165) is 39.1 Å². The van der Waals surface area contributed by atoms with E-state index >= 15 is 0 Å². The summed E-state index contributed by atoms with van der Waals surface area (Å²) in [7, 11) is 0. The molecule has 0 bridgehead atoms. The molecule has 0 aliphatic heterocycles. The van der Waals surface area contributed by atoms with Crippen molar-refractivity contribution < 1.29 is 25.3 Å². The van der Waals surface area contributed by atoms with E-state index in [4.69, 9.17) is 33.4 Å². The molecule has 294 valence electrons. The van der Waals surface area contributed by atoms with Crippen molar-refractivity contribution in [1.82, 2.24) is 19.5 Å². The summed E-state index contributed by atoms with van der Waals surface area (Å²) in [5.74, 6) is 0.412. The van der Waals surface area contributed by atoms with Crippen molar-refractivity contribution in [3.05, 3.63) is 206 Å². The lowest BCUT2D eigenvalue weighted by Crippen LogP contribution is -2.00. The summed E-state index contributed by atoms with van der Waals surface area (Å²) in [5.41, 5.74) is 5.42. The summed E-state index contributed by atoms with van der Waals surface area (Å²) in [6, 6.07) is 35.6. The second-order valence-electron chi connectivity index (χ2n) is 15.0. The predicted molar refractivity (Wildman–Crippen MR) is 256 cm³/mol. The van der Waals surface area contributed by atoms with Crippen molar-refractivity contribution in [2.24, 2.45) is 0 Å². The fourth-order valence-corrected chi connectivity index (χ4v) is 8.63. The zero-order valence-corrected chi connectivity index (χ0v) is 32.8. The van der Waals surface area contributed by atoms with Crippen molar-refractivity contribution in [1.29, 1.82) is 0 Å². The Balaban J connectivity index is 1.09. The van der Waals surface area contributed by atoms with Crippen LogP contribution >= 0.6 is 0 Å². The van der Waals surface area contributed by atoms with Gasteiger partial charge in [0, 0.05) is 43.6 Å². The summed E-state index contributed by atoms with van der Waals surface area (Å²) in [6.07, 6.45) is 0. The average molecular weight is 819 g/mol. The van der Waals surface area contributed by atoms with Crippen LogP contribution in [0.1, 0.15) is 16.4 Å². The lowest BCUT2D eigenvalue weighted by atomic mass is 9.96. The zero-order valence-electron chi connectivity index (χ0n) is 44.8.